The Morgan fingerprint density at radius 2 is 1.95 bits per heavy atom. The Labute approximate surface area is 122 Å². The van der Waals surface area contributed by atoms with E-state index in [1.165, 1.54) is 11.1 Å². The van der Waals surface area contributed by atoms with E-state index in [4.69, 9.17) is 14.2 Å². The Morgan fingerprint density at radius 3 is 2.70 bits per heavy atom. The third-order valence-corrected chi connectivity index (χ3v) is 2.85. The fraction of sp³-hybridized carbons (Fsp3) is 0.625. The molecular weight excluding hydrogens is 254 g/mol. The molecule has 1 N–H and O–H groups in total. The summed E-state index contributed by atoms with van der Waals surface area (Å²) < 4.78 is 16.2. The number of aryl methyl sites for hydroxylation is 1. The van der Waals surface area contributed by atoms with Crippen molar-refractivity contribution in [1.29, 1.82) is 0 Å². The summed E-state index contributed by atoms with van der Waals surface area (Å²) in [6.07, 6.45) is 1.04. The second kappa shape index (κ2) is 10.7. The van der Waals surface area contributed by atoms with Crippen molar-refractivity contribution in [3.8, 4) is 5.75 Å². The highest BCUT2D eigenvalue weighted by Gasteiger charge is 2.04. The molecule has 0 heterocycles. The van der Waals surface area contributed by atoms with Crippen LogP contribution in [-0.2, 0) is 16.0 Å². The van der Waals surface area contributed by atoms with Crippen LogP contribution in [0, 0.1) is 6.92 Å². The molecule has 0 saturated carbocycles. The lowest BCUT2D eigenvalue weighted by Crippen LogP contribution is -2.19. The molecule has 1 aromatic rings. The average Bonchev–Trinajstić information content (AvgIpc) is 2.45. The lowest BCUT2D eigenvalue weighted by molar-refractivity contribution is 0.100. The molecule has 0 aliphatic rings. The number of benzene rings is 1. The minimum atomic E-state index is 0.591. The monoisotopic (exact) mass is 281 g/mol. The molecule has 20 heavy (non-hydrogen) atoms. The first-order chi connectivity index (χ1) is 9.77. The van der Waals surface area contributed by atoms with Gasteiger partial charge < -0.3 is 19.5 Å². The second-order valence-electron chi connectivity index (χ2n) is 4.74. The van der Waals surface area contributed by atoms with Gasteiger partial charge in [-0.2, -0.15) is 0 Å². The highest BCUT2D eigenvalue weighted by Crippen LogP contribution is 2.19. The van der Waals surface area contributed by atoms with E-state index in [1.54, 1.807) is 7.11 Å². The van der Waals surface area contributed by atoms with E-state index < -0.39 is 0 Å². The van der Waals surface area contributed by atoms with Crippen LogP contribution in [0.25, 0.3) is 0 Å². The van der Waals surface area contributed by atoms with E-state index in [0.717, 1.165) is 31.9 Å². The van der Waals surface area contributed by atoms with Crippen LogP contribution in [0.15, 0.2) is 18.2 Å². The summed E-state index contributed by atoms with van der Waals surface area (Å²) in [6.45, 7) is 8.55. The first kappa shape index (κ1) is 17.0. The van der Waals surface area contributed by atoms with Crippen molar-refractivity contribution in [3.05, 3.63) is 29.3 Å². The summed E-state index contributed by atoms with van der Waals surface area (Å²) in [5, 5.41) is 3.34. The van der Waals surface area contributed by atoms with Gasteiger partial charge in [0, 0.05) is 32.4 Å². The number of ether oxygens (including phenoxy) is 3. The highest BCUT2D eigenvalue weighted by molar-refractivity contribution is 5.36. The average molecular weight is 281 g/mol. The minimum absolute atomic E-state index is 0.591. The van der Waals surface area contributed by atoms with Crippen LogP contribution in [0.4, 0.5) is 0 Å². The zero-order valence-corrected chi connectivity index (χ0v) is 12.9. The lowest BCUT2D eigenvalue weighted by atomic mass is 10.1. The van der Waals surface area contributed by atoms with E-state index in [1.807, 2.05) is 6.07 Å². The fourth-order valence-corrected chi connectivity index (χ4v) is 1.84. The van der Waals surface area contributed by atoms with Crippen molar-refractivity contribution in [2.75, 3.05) is 40.1 Å². The molecule has 0 bridgehead atoms. The summed E-state index contributed by atoms with van der Waals surface area (Å²) in [6, 6.07) is 6.26. The molecule has 0 fully saturated rings. The minimum Gasteiger partial charge on any atom is -0.491 e. The van der Waals surface area contributed by atoms with Crippen molar-refractivity contribution in [3.63, 3.8) is 0 Å². The number of hydrogen-bond acceptors (Lipinski definition) is 4. The van der Waals surface area contributed by atoms with Crippen molar-refractivity contribution in [2.45, 2.75) is 26.8 Å². The van der Waals surface area contributed by atoms with Crippen molar-refractivity contribution >= 4 is 0 Å². The maximum absolute atomic E-state index is 5.80. The molecule has 0 atom stereocenters. The molecular formula is C16H27NO3. The predicted molar refractivity (Wildman–Crippen MR) is 81.4 cm³/mol. The molecule has 4 heteroatoms. The predicted octanol–water partition coefficient (Wildman–Crippen LogP) is 2.54. The summed E-state index contributed by atoms with van der Waals surface area (Å²) in [4.78, 5) is 0. The summed E-state index contributed by atoms with van der Waals surface area (Å²) in [7, 11) is 1.71. The van der Waals surface area contributed by atoms with E-state index in [2.05, 4.69) is 31.3 Å². The molecule has 0 spiro atoms. The standard InChI is InChI=1S/C16H27NO3/c1-4-8-19-10-11-20-16-6-5-14(2)12-15(16)13-17-7-9-18-3/h5-6,12,17H,4,7-11,13H2,1-3H3. The van der Waals surface area contributed by atoms with Crippen LogP contribution in [0.3, 0.4) is 0 Å². The van der Waals surface area contributed by atoms with Gasteiger partial charge in [-0.1, -0.05) is 24.6 Å². The third kappa shape index (κ3) is 6.89. The van der Waals surface area contributed by atoms with Gasteiger partial charge in [-0.3, -0.25) is 0 Å². The molecule has 0 aromatic heterocycles. The second-order valence-corrected chi connectivity index (χ2v) is 4.74. The Hall–Kier alpha value is -1.10. The van der Waals surface area contributed by atoms with Crippen LogP contribution in [0.1, 0.15) is 24.5 Å². The first-order valence-electron chi connectivity index (χ1n) is 7.27. The van der Waals surface area contributed by atoms with E-state index >= 15 is 0 Å². The van der Waals surface area contributed by atoms with Crippen molar-refractivity contribution < 1.29 is 14.2 Å². The van der Waals surface area contributed by atoms with Crippen molar-refractivity contribution in [2.24, 2.45) is 0 Å². The maximum Gasteiger partial charge on any atom is 0.123 e. The summed E-state index contributed by atoms with van der Waals surface area (Å²) >= 11 is 0. The van der Waals surface area contributed by atoms with Gasteiger partial charge in [0.25, 0.3) is 0 Å². The van der Waals surface area contributed by atoms with Gasteiger partial charge in [0.15, 0.2) is 0 Å². The Kier molecular flexibility index (Phi) is 9.04. The molecule has 0 amide bonds. The Balaban J connectivity index is 2.42. The third-order valence-electron chi connectivity index (χ3n) is 2.85. The lowest BCUT2D eigenvalue weighted by Gasteiger charge is -2.13. The first-order valence-corrected chi connectivity index (χ1v) is 7.27. The quantitative estimate of drug-likeness (QED) is 0.633. The Bertz CT molecular complexity index is 369. The topological polar surface area (TPSA) is 39.7 Å². The zero-order chi connectivity index (χ0) is 14.6. The summed E-state index contributed by atoms with van der Waals surface area (Å²) in [5.74, 6) is 0.931. The molecule has 114 valence electrons. The molecule has 0 radical (unpaired) electrons. The highest BCUT2D eigenvalue weighted by atomic mass is 16.5. The van der Waals surface area contributed by atoms with Gasteiger partial charge in [-0.15, -0.1) is 0 Å². The van der Waals surface area contributed by atoms with Gasteiger partial charge in [0.05, 0.1) is 13.2 Å². The van der Waals surface area contributed by atoms with Crippen LogP contribution in [0.2, 0.25) is 0 Å². The van der Waals surface area contributed by atoms with Crippen LogP contribution >= 0.6 is 0 Å². The number of hydrogen-bond donors (Lipinski definition) is 1. The largest absolute Gasteiger partial charge is 0.491 e. The zero-order valence-electron chi connectivity index (χ0n) is 12.9. The molecule has 0 aliphatic heterocycles. The summed E-state index contributed by atoms with van der Waals surface area (Å²) in [5.41, 5.74) is 2.42. The molecule has 0 aliphatic carbocycles. The van der Waals surface area contributed by atoms with Gasteiger partial charge in [0.2, 0.25) is 0 Å². The number of nitrogens with one attached hydrogen (secondary N) is 1. The Morgan fingerprint density at radius 1 is 1.10 bits per heavy atom. The van der Waals surface area contributed by atoms with Gasteiger partial charge in [-0.05, 0) is 19.4 Å². The maximum atomic E-state index is 5.80. The number of methoxy groups -OCH3 is 1. The van der Waals surface area contributed by atoms with Crippen LogP contribution in [-0.4, -0.2) is 40.1 Å². The molecule has 1 aromatic carbocycles. The molecule has 1 rings (SSSR count). The SMILES string of the molecule is CCCOCCOc1ccc(C)cc1CNCCOC. The fourth-order valence-electron chi connectivity index (χ4n) is 1.84. The van der Waals surface area contributed by atoms with Crippen LogP contribution in [0.5, 0.6) is 5.75 Å². The van der Waals surface area contributed by atoms with E-state index in [-0.39, 0.29) is 0 Å². The van der Waals surface area contributed by atoms with Gasteiger partial charge >= 0.3 is 0 Å². The smallest absolute Gasteiger partial charge is 0.123 e. The normalized spacial score (nSPS) is 10.8. The van der Waals surface area contributed by atoms with Crippen molar-refractivity contribution in [1.82, 2.24) is 5.32 Å². The van der Waals surface area contributed by atoms with Gasteiger partial charge in [0.1, 0.15) is 12.4 Å². The molecule has 0 saturated heterocycles. The molecule has 4 nitrogen and oxygen atoms in total. The van der Waals surface area contributed by atoms with E-state index in [9.17, 15) is 0 Å². The van der Waals surface area contributed by atoms with Crippen LogP contribution < -0.4 is 10.1 Å². The van der Waals surface area contributed by atoms with Gasteiger partial charge in [-0.25, -0.2) is 0 Å². The molecule has 0 unspecified atom stereocenters. The van der Waals surface area contributed by atoms with E-state index in [0.29, 0.717) is 19.8 Å². The number of rotatable bonds is 11.